The second kappa shape index (κ2) is 7.13. The molecule has 7 heteroatoms. The molecule has 2 aliphatic heterocycles. The molecule has 1 atom stereocenters. The Morgan fingerprint density at radius 3 is 2.78 bits per heavy atom. The molecule has 0 saturated carbocycles. The molecule has 2 aromatic heterocycles. The number of carbonyl (C=O) groups excluding carboxylic acids is 1. The minimum Gasteiger partial charge on any atom is -0.340 e. The summed E-state index contributed by atoms with van der Waals surface area (Å²) in [6.07, 6.45) is 7.61. The van der Waals surface area contributed by atoms with E-state index < -0.39 is 0 Å². The van der Waals surface area contributed by atoms with Gasteiger partial charge in [0.05, 0.1) is 0 Å². The highest BCUT2D eigenvalue weighted by Gasteiger charge is 2.41. The average molecular weight is 367 g/mol. The average Bonchev–Trinajstić information content (AvgIpc) is 2.67. The van der Waals surface area contributed by atoms with E-state index in [1.807, 2.05) is 24.1 Å². The van der Waals surface area contributed by atoms with Gasteiger partial charge in [0.15, 0.2) is 0 Å². The lowest BCUT2D eigenvalue weighted by atomic mass is 9.73. The molecule has 7 nitrogen and oxygen atoms in total. The fraction of sp³-hybridized carbons (Fsp3) is 0.500. The number of aromatic nitrogens is 3. The summed E-state index contributed by atoms with van der Waals surface area (Å²) >= 11 is 0. The van der Waals surface area contributed by atoms with Gasteiger partial charge in [0.2, 0.25) is 11.5 Å². The zero-order valence-electron chi connectivity index (χ0n) is 15.6. The number of hydrogen-bond donors (Lipinski definition) is 1. The molecule has 1 N–H and O–H groups in total. The van der Waals surface area contributed by atoms with Gasteiger partial charge >= 0.3 is 0 Å². The van der Waals surface area contributed by atoms with Crippen LogP contribution in [0.2, 0.25) is 0 Å². The lowest BCUT2D eigenvalue weighted by Gasteiger charge is -2.48. The molecule has 2 saturated heterocycles. The van der Waals surface area contributed by atoms with Crippen LogP contribution in [0, 0.1) is 12.3 Å². The molecule has 1 amide bonds. The number of aryl methyl sites for hydroxylation is 1. The van der Waals surface area contributed by atoms with E-state index in [0.29, 0.717) is 5.56 Å². The number of amides is 1. The van der Waals surface area contributed by atoms with Crippen molar-refractivity contribution in [3.8, 4) is 0 Å². The molecule has 2 fully saturated rings. The summed E-state index contributed by atoms with van der Waals surface area (Å²) in [6, 6.07) is 4.97. The van der Waals surface area contributed by atoms with E-state index in [2.05, 4.69) is 19.9 Å². The summed E-state index contributed by atoms with van der Waals surface area (Å²) < 4.78 is 0. The Kier molecular flexibility index (Phi) is 4.68. The van der Waals surface area contributed by atoms with E-state index >= 15 is 0 Å². The summed E-state index contributed by atoms with van der Waals surface area (Å²) in [5.41, 5.74) is 1.26. The molecule has 27 heavy (non-hydrogen) atoms. The molecule has 4 rings (SSSR count). The topological polar surface area (TPSA) is 82.2 Å². The van der Waals surface area contributed by atoms with Crippen LogP contribution in [0.15, 0.2) is 35.4 Å². The third-order valence-corrected chi connectivity index (χ3v) is 5.70. The highest BCUT2D eigenvalue weighted by atomic mass is 16.2. The second-order valence-electron chi connectivity index (χ2n) is 7.79. The van der Waals surface area contributed by atoms with Crippen molar-refractivity contribution in [3.05, 3.63) is 52.2 Å². The fourth-order valence-corrected chi connectivity index (χ4v) is 4.44. The quantitative estimate of drug-likeness (QED) is 0.878. The Morgan fingerprint density at radius 2 is 2.00 bits per heavy atom. The molecule has 1 unspecified atom stereocenters. The van der Waals surface area contributed by atoms with Crippen LogP contribution in [-0.4, -0.2) is 51.9 Å². The highest BCUT2D eigenvalue weighted by molar-refractivity contribution is 5.94. The number of aromatic amines is 1. The minimum atomic E-state index is -0.243. The van der Waals surface area contributed by atoms with Crippen molar-refractivity contribution in [1.82, 2.24) is 19.9 Å². The first-order chi connectivity index (χ1) is 13.0. The minimum absolute atomic E-state index is 0.0518. The third-order valence-electron chi connectivity index (χ3n) is 5.70. The molecule has 142 valence electrons. The first kappa shape index (κ1) is 17.7. The predicted molar refractivity (Wildman–Crippen MR) is 103 cm³/mol. The Morgan fingerprint density at radius 1 is 1.19 bits per heavy atom. The van der Waals surface area contributed by atoms with Gasteiger partial charge in [-0.2, -0.15) is 0 Å². The summed E-state index contributed by atoms with van der Waals surface area (Å²) in [5.74, 6) is 0.733. The number of rotatable bonds is 2. The molecule has 4 heterocycles. The number of H-pyrrole nitrogens is 1. The summed E-state index contributed by atoms with van der Waals surface area (Å²) in [4.78, 5) is 40.2. The molecule has 2 aliphatic rings. The van der Waals surface area contributed by atoms with Crippen molar-refractivity contribution >= 4 is 11.9 Å². The van der Waals surface area contributed by atoms with Crippen molar-refractivity contribution in [2.45, 2.75) is 32.6 Å². The number of nitrogens with zero attached hydrogens (tertiary/aromatic N) is 4. The van der Waals surface area contributed by atoms with Crippen LogP contribution in [0.25, 0.3) is 0 Å². The first-order valence-corrected chi connectivity index (χ1v) is 9.57. The lowest BCUT2D eigenvalue weighted by Crippen LogP contribution is -2.54. The van der Waals surface area contributed by atoms with E-state index in [1.165, 1.54) is 12.3 Å². The number of nitrogens with one attached hydrogen (secondary N) is 1. The van der Waals surface area contributed by atoms with Crippen LogP contribution in [0.4, 0.5) is 5.95 Å². The Bertz CT molecular complexity index is 892. The maximum Gasteiger partial charge on any atom is 0.254 e. The number of likely N-dealkylation sites (tertiary alicyclic amines) is 1. The van der Waals surface area contributed by atoms with Gasteiger partial charge in [0, 0.05) is 61.3 Å². The summed E-state index contributed by atoms with van der Waals surface area (Å²) in [6.45, 7) is 5.27. The van der Waals surface area contributed by atoms with Gasteiger partial charge in [0.1, 0.15) is 0 Å². The number of piperidine rings is 2. The van der Waals surface area contributed by atoms with E-state index in [0.717, 1.165) is 63.5 Å². The van der Waals surface area contributed by atoms with Gasteiger partial charge < -0.3 is 14.8 Å². The van der Waals surface area contributed by atoms with Crippen LogP contribution >= 0.6 is 0 Å². The van der Waals surface area contributed by atoms with Gasteiger partial charge in [-0.25, -0.2) is 9.97 Å². The molecule has 0 aliphatic carbocycles. The van der Waals surface area contributed by atoms with Crippen molar-refractivity contribution < 1.29 is 4.79 Å². The Balaban J connectivity index is 1.52. The molecular weight excluding hydrogens is 342 g/mol. The van der Waals surface area contributed by atoms with E-state index in [1.54, 1.807) is 6.07 Å². The van der Waals surface area contributed by atoms with E-state index in [4.69, 9.17) is 0 Å². The van der Waals surface area contributed by atoms with Crippen LogP contribution < -0.4 is 10.5 Å². The van der Waals surface area contributed by atoms with Crippen molar-refractivity contribution in [3.63, 3.8) is 0 Å². The van der Waals surface area contributed by atoms with Gasteiger partial charge in [-0.3, -0.25) is 9.59 Å². The summed E-state index contributed by atoms with van der Waals surface area (Å²) in [7, 11) is 0. The third kappa shape index (κ3) is 3.72. The van der Waals surface area contributed by atoms with Crippen LogP contribution in [0.1, 0.15) is 41.7 Å². The normalized spacial score (nSPS) is 22.9. The van der Waals surface area contributed by atoms with Crippen molar-refractivity contribution in [2.75, 3.05) is 31.1 Å². The van der Waals surface area contributed by atoms with Crippen LogP contribution in [0.3, 0.4) is 0 Å². The molecule has 0 aromatic carbocycles. The fourth-order valence-electron chi connectivity index (χ4n) is 4.44. The van der Waals surface area contributed by atoms with Gasteiger partial charge in [0.25, 0.3) is 5.91 Å². The SMILES string of the molecule is Cc1ccnc(N2CCCC3(CCCN(C(=O)c4cc[nH]c(=O)c4)C3)C2)n1. The second-order valence-corrected chi connectivity index (χ2v) is 7.79. The van der Waals surface area contributed by atoms with Crippen LogP contribution in [0.5, 0.6) is 0 Å². The smallest absolute Gasteiger partial charge is 0.254 e. The summed E-state index contributed by atoms with van der Waals surface area (Å²) in [5, 5.41) is 0. The molecule has 1 spiro atoms. The molecule has 2 aromatic rings. The number of pyridine rings is 1. The van der Waals surface area contributed by atoms with Gasteiger partial charge in [-0.05, 0) is 44.7 Å². The maximum atomic E-state index is 12.9. The largest absolute Gasteiger partial charge is 0.340 e. The Hall–Kier alpha value is -2.70. The first-order valence-electron chi connectivity index (χ1n) is 9.57. The number of carbonyl (C=O) groups is 1. The number of anilines is 1. The molecular formula is C20H25N5O2. The van der Waals surface area contributed by atoms with Gasteiger partial charge in [-0.15, -0.1) is 0 Å². The van der Waals surface area contributed by atoms with Crippen LogP contribution in [-0.2, 0) is 0 Å². The predicted octanol–water partition coefficient (Wildman–Crippen LogP) is 2.00. The highest BCUT2D eigenvalue weighted by Crippen LogP contribution is 2.39. The Labute approximate surface area is 158 Å². The van der Waals surface area contributed by atoms with Gasteiger partial charge in [-0.1, -0.05) is 0 Å². The van der Waals surface area contributed by atoms with E-state index in [-0.39, 0.29) is 16.9 Å². The molecule has 0 radical (unpaired) electrons. The zero-order chi connectivity index (χ0) is 18.9. The molecule has 0 bridgehead atoms. The number of hydrogen-bond acceptors (Lipinski definition) is 5. The van der Waals surface area contributed by atoms with Crippen molar-refractivity contribution in [2.24, 2.45) is 5.41 Å². The zero-order valence-corrected chi connectivity index (χ0v) is 15.6. The monoisotopic (exact) mass is 367 g/mol. The lowest BCUT2D eigenvalue weighted by molar-refractivity contribution is 0.0465. The standard InChI is InChI=1S/C20H25N5O2/c1-15-4-8-22-19(23-15)25-11-3-7-20(14-25)6-2-10-24(13-20)18(27)16-5-9-21-17(26)12-16/h4-5,8-9,12H,2-3,6-7,10-11,13-14H2,1H3,(H,21,26). The maximum absolute atomic E-state index is 12.9. The van der Waals surface area contributed by atoms with Crippen molar-refractivity contribution in [1.29, 1.82) is 0 Å². The van der Waals surface area contributed by atoms with E-state index in [9.17, 15) is 9.59 Å².